The Kier molecular flexibility index (Phi) is 4.35. The quantitative estimate of drug-likeness (QED) is 0.778. The van der Waals surface area contributed by atoms with E-state index < -0.39 is 0 Å². The lowest BCUT2D eigenvalue weighted by molar-refractivity contribution is 0.340. The third kappa shape index (κ3) is 3.35. The van der Waals surface area contributed by atoms with E-state index in [0.717, 1.165) is 17.0 Å². The summed E-state index contributed by atoms with van der Waals surface area (Å²) in [5.74, 6) is 0.933. The van der Waals surface area contributed by atoms with Crippen molar-refractivity contribution in [2.24, 2.45) is 0 Å². The van der Waals surface area contributed by atoms with E-state index in [2.05, 4.69) is 5.32 Å². The van der Waals surface area contributed by atoms with Crippen LogP contribution in [0.2, 0.25) is 0 Å². The summed E-state index contributed by atoms with van der Waals surface area (Å²) in [6.07, 6.45) is 0. The zero-order valence-corrected chi connectivity index (χ0v) is 11.6. The van der Waals surface area contributed by atoms with Crippen molar-refractivity contribution in [1.29, 1.82) is 0 Å². The smallest absolute Gasteiger partial charge is 0.124 e. The Balaban J connectivity index is 2.14. The van der Waals surface area contributed by atoms with Gasteiger partial charge >= 0.3 is 0 Å². The first-order valence-electron chi connectivity index (χ1n) is 6.61. The average molecular weight is 273 g/mol. The van der Waals surface area contributed by atoms with Crippen molar-refractivity contribution in [3.05, 3.63) is 48.0 Å². The van der Waals surface area contributed by atoms with Crippen molar-refractivity contribution in [3.8, 4) is 17.2 Å². The molecule has 0 aliphatic carbocycles. The monoisotopic (exact) mass is 273 g/mol. The van der Waals surface area contributed by atoms with E-state index in [4.69, 9.17) is 4.74 Å². The molecule has 4 heteroatoms. The van der Waals surface area contributed by atoms with Crippen LogP contribution in [0.4, 0.5) is 5.69 Å². The van der Waals surface area contributed by atoms with E-state index in [1.807, 2.05) is 38.1 Å². The minimum atomic E-state index is -0.0903. The average Bonchev–Trinajstić information content (AvgIpc) is 2.39. The third-order valence-electron chi connectivity index (χ3n) is 3.01. The Bertz CT molecular complexity index is 584. The standard InChI is InChI=1S/C16H19NO3/c1-3-20-14-6-4-5-12(9-14)17-11(2)15-8-7-13(18)10-16(15)19/h4-11,17-19H,3H2,1-2H3. The molecule has 2 aromatic carbocycles. The number of nitrogens with one attached hydrogen (secondary N) is 1. The van der Waals surface area contributed by atoms with Gasteiger partial charge in [-0.2, -0.15) is 0 Å². The first kappa shape index (κ1) is 14.1. The van der Waals surface area contributed by atoms with Crippen molar-refractivity contribution in [1.82, 2.24) is 0 Å². The predicted molar refractivity (Wildman–Crippen MR) is 79.4 cm³/mol. The number of ether oxygens (including phenoxy) is 1. The number of rotatable bonds is 5. The van der Waals surface area contributed by atoms with Gasteiger partial charge in [0.1, 0.15) is 17.2 Å². The summed E-state index contributed by atoms with van der Waals surface area (Å²) in [6, 6.07) is 12.2. The summed E-state index contributed by atoms with van der Waals surface area (Å²) < 4.78 is 5.45. The molecule has 0 fully saturated rings. The van der Waals surface area contributed by atoms with E-state index in [-0.39, 0.29) is 17.5 Å². The summed E-state index contributed by atoms with van der Waals surface area (Å²) in [6.45, 7) is 4.51. The summed E-state index contributed by atoms with van der Waals surface area (Å²) >= 11 is 0. The fraction of sp³-hybridized carbons (Fsp3) is 0.250. The molecular weight excluding hydrogens is 254 g/mol. The topological polar surface area (TPSA) is 61.7 Å². The van der Waals surface area contributed by atoms with Crippen LogP contribution >= 0.6 is 0 Å². The van der Waals surface area contributed by atoms with Crippen LogP contribution in [-0.2, 0) is 0 Å². The van der Waals surface area contributed by atoms with Crippen molar-refractivity contribution < 1.29 is 14.9 Å². The molecule has 106 valence electrons. The lowest BCUT2D eigenvalue weighted by atomic mass is 10.1. The largest absolute Gasteiger partial charge is 0.508 e. The maximum absolute atomic E-state index is 9.85. The zero-order chi connectivity index (χ0) is 14.5. The van der Waals surface area contributed by atoms with Crippen LogP contribution < -0.4 is 10.1 Å². The normalized spacial score (nSPS) is 11.9. The maximum atomic E-state index is 9.85. The fourth-order valence-corrected chi connectivity index (χ4v) is 2.07. The molecule has 4 nitrogen and oxygen atoms in total. The number of hydrogen-bond donors (Lipinski definition) is 3. The minimum Gasteiger partial charge on any atom is -0.508 e. The Morgan fingerprint density at radius 3 is 2.65 bits per heavy atom. The fourth-order valence-electron chi connectivity index (χ4n) is 2.07. The molecule has 0 saturated carbocycles. The molecule has 0 aromatic heterocycles. The van der Waals surface area contributed by atoms with E-state index in [1.54, 1.807) is 12.1 Å². The zero-order valence-electron chi connectivity index (χ0n) is 11.6. The molecule has 20 heavy (non-hydrogen) atoms. The van der Waals surface area contributed by atoms with E-state index in [1.165, 1.54) is 6.07 Å². The Morgan fingerprint density at radius 2 is 1.95 bits per heavy atom. The molecule has 0 saturated heterocycles. The second-order valence-electron chi connectivity index (χ2n) is 4.57. The van der Waals surface area contributed by atoms with E-state index >= 15 is 0 Å². The first-order valence-corrected chi connectivity index (χ1v) is 6.61. The lowest BCUT2D eigenvalue weighted by Crippen LogP contribution is -2.07. The number of aromatic hydroxyl groups is 2. The molecule has 1 atom stereocenters. The van der Waals surface area contributed by atoms with Gasteiger partial charge in [0.15, 0.2) is 0 Å². The Labute approximate surface area is 118 Å². The van der Waals surface area contributed by atoms with Crippen LogP contribution in [0.1, 0.15) is 25.5 Å². The molecule has 1 unspecified atom stereocenters. The van der Waals surface area contributed by atoms with Crippen molar-refractivity contribution in [2.75, 3.05) is 11.9 Å². The van der Waals surface area contributed by atoms with Gasteiger partial charge in [0.2, 0.25) is 0 Å². The van der Waals surface area contributed by atoms with Crippen molar-refractivity contribution >= 4 is 5.69 Å². The van der Waals surface area contributed by atoms with E-state index in [0.29, 0.717) is 6.61 Å². The number of hydrogen-bond acceptors (Lipinski definition) is 4. The van der Waals surface area contributed by atoms with Crippen LogP contribution in [0.5, 0.6) is 17.2 Å². The summed E-state index contributed by atoms with van der Waals surface area (Å²) in [5.41, 5.74) is 1.64. The van der Waals surface area contributed by atoms with Gasteiger partial charge in [-0.25, -0.2) is 0 Å². The van der Waals surface area contributed by atoms with Gasteiger partial charge in [-0.3, -0.25) is 0 Å². The highest BCUT2D eigenvalue weighted by atomic mass is 16.5. The number of phenolic OH excluding ortho intramolecular Hbond substituents is 2. The van der Waals surface area contributed by atoms with Crippen molar-refractivity contribution in [2.45, 2.75) is 19.9 Å². The molecule has 0 radical (unpaired) electrons. The summed E-state index contributed by atoms with van der Waals surface area (Å²) in [4.78, 5) is 0. The molecule has 0 spiro atoms. The lowest BCUT2D eigenvalue weighted by Gasteiger charge is -2.17. The molecule has 0 heterocycles. The minimum absolute atomic E-state index is 0.0526. The first-order chi connectivity index (χ1) is 9.60. The molecule has 2 rings (SSSR count). The predicted octanol–water partition coefficient (Wildman–Crippen LogP) is 3.67. The van der Waals surface area contributed by atoms with Gasteiger partial charge in [0.05, 0.1) is 12.6 Å². The summed E-state index contributed by atoms with van der Waals surface area (Å²) in [5, 5.41) is 22.5. The second-order valence-corrected chi connectivity index (χ2v) is 4.57. The number of phenols is 2. The molecule has 2 aromatic rings. The van der Waals surface area contributed by atoms with Crippen LogP contribution in [0, 0.1) is 0 Å². The molecule has 0 aliphatic rings. The number of anilines is 1. The Hall–Kier alpha value is -2.36. The maximum Gasteiger partial charge on any atom is 0.124 e. The SMILES string of the molecule is CCOc1cccc(NC(C)c2ccc(O)cc2O)c1. The van der Waals surface area contributed by atoms with Gasteiger partial charge in [0.25, 0.3) is 0 Å². The van der Waals surface area contributed by atoms with Crippen LogP contribution in [-0.4, -0.2) is 16.8 Å². The molecule has 3 N–H and O–H groups in total. The molecule has 0 amide bonds. The Morgan fingerprint density at radius 1 is 1.15 bits per heavy atom. The van der Waals surface area contributed by atoms with Crippen LogP contribution in [0.25, 0.3) is 0 Å². The van der Waals surface area contributed by atoms with E-state index in [9.17, 15) is 10.2 Å². The van der Waals surface area contributed by atoms with Gasteiger partial charge in [0, 0.05) is 23.4 Å². The number of benzene rings is 2. The highest BCUT2D eigenvalue weighted by Crippen LogP contribution is 2.30. The van der Waals surface area contributed by atoms with Gasteiger partial charge in [-0.05, 0) is 38.1 Å². The highest BCUT2D eigenvalue weighted by molar-refractivity contribution is 5.51. The third-order valence-corrected chi connectivity index (χ3v) is 3.01. The van der Waals surface area contributed by atoms with Crippen LogP contribution in [0.15, 0.2) is 42.5 Å². The highest BCUT2D eigenvalue weighted by Gasteiger charge is 2.11. The molecular formula is C16H19NO3. The van der Waals surface area contributed by atoms with Gasteiger partial charge in [-0.15, -0.1) is 0 Å². The summed E-state index contributed by atoms with van der Waals surface area (Å²) in [7, 11) is 0. The van der Waals surface area contributed by atoms with Gasteiger partial charge in [-0.1, -0.05) is 6.07 Å². The van der Waals surface area contributed by atoms with Crippen LogP contribution in [0.3, 0.4) is 0 Å². The van der Waals surface area contributed by atoms with Crippen molar-refractivity contribution in [3.63, 3.8) is 0 Å². The molecule has 0 aliphatic heterocycles. The molecule has 0 bridgehead atoms. The second kappa shape index (κ2) is 6.19. The van der Waals surface area contributed by atoms with Gasteiger partial charge < -0.3 is 20.3 Å².